The Morgan fingerprint density at radius 3 is 2.48 bits per heavy atom. The summed E-state index contributed by atoms with van der Waals surface area (Å²) in [6.07, 6.45) is 0.499. The minimum absolute atomic E-state index is 0.0810. The molecule has 1 aliphatic rings. The van der Waals surface area contributed by atoms with Gasteiger partial charge in [-0.3, -0.25) is 25.2 Å². The van der Waals surface area contributed by atoms with Crippen molar-refractivity contribution in [3.8, 4) is 0 Å². The van der Waals surface area contributed by atoms with E-state index in [0.29, 0.717) is 13.0 Å². The molecule has 2 N–H and O–H groups in total. The molecule has 6 heteroatoms. The molecule has 3 amide bonds. The van der Waals surface area contributed by atoms with Gasteiger partial charge in [-0.05, 0) is 25.0 Å². The summed E-state index contributed by atoms with van der Waals surface area (Å²) in [5, 5.41) is 0. The minimum Gasteiger partial charge on any atom is -0.312 e. The van der Waals surface area contributed by atoms with Crippen LogP contribution in [0, 0.1) is 18.8 Å². The lowest BCUT2D eigenvalue weighted by atomic mass is 10.1. The van der Waals surface area contributed by atoms with Crippen LogP contribution in [0.5, 0.6) is 0 Å². The molecule has 1 heterocycles. The van der Waals surface area contributed by atoms with Crippen LogP contribution in [0.15, 0.2) is 24.3 Å². The lowest BCUT2D eigenvalue weighted by molar-refractivity contribution is -0.131. The first-order valence-electron chi connectivity index (χ1n) is 7.82. The lowest BCUT2D eigenvalue weighted by Crippen LogP contribution is -2.45. The van der Waals surface area contributed by atoms with Crippen LogP contribution in [0.2, 0.25) is 0 Å². The highest BCUT2D eigenvalue weighted by molar-refractivity contribution is 6.00. The number of rotatable bonds is 4. The Bertz CT molecular complexity index is 596. The second-order valence-electron chi connectivity index (χ2n) is 6.38. The Hall–Kier alpha value is -2.37. The zero-order valence-electron chi connectivity index (χ0n) is 13.8. The number of hydrogen-bond acceptors (Lipinski definition) is 3. The van der Waals surface area contributed by atoms with Gasteiger partial charge in [-0.1, -0.05) is 31.5 Å². The molecule has 0 aromatic heterocycles. The molecule has 23 heavy (non-hydrogen) atoms. The van der Waals surface area contributed by atoms with Crippen LogP contribution in [-0.2, 0) is 14.4 Å². The molecule has 1 unspecified atom stereocenters. The van der Waals surface area contributed by atoms with Gasteiger partial charge in [0.1, 0.15) is 0 Å². The van der Waals surface area contributed by atoms with Crippen molar-refractivity contribution in [2.75, 3.05) is 11.4 Å². The van der Waals surface area contributed by atoms with Crippen molar-refractivity contribution in [2.45, 2.75) is 33.6 Å². The third kappa shape index (κ3) is 4.55. The molecule has 1 atom stereocenters. The van der Waals surface area contributed by atoms with Crippen molar-refractivity contribution in [3.63, 3.8) is 0 Å². The predicted octanol–water partition coefficient (Wildman–Crippen LogP) is 1.54. The largest absolute Gasteiger partial charge is 0.312 e. The zero-order chi connectivity index (χ0) is 17.0. The summed E-state index contributed by atoms with van der Waals surface area (Å²) in [5.74, 6) is -0.874. The van der Waals surface area contributed by atoms with E-state index in [9.17, 15) is 14.4 Å². The summed E-state index contributed by atoms with van der Waals surface area (Å²) in [4.78, 5) is 37.4. The zero-order valence-corrected chi connectivity index (χ0v) is 13.8. The first kappa shape index (κ1) is 17.0. The number of benzene rings is 1. The first-order valence-corrected chi connectivity index (χ1v) is 7.82. The number of nitrogens with zero attached hydrogens (tertiary/aromatic N) is 1. The third-order valence-electron chi connectivity index (χ3n) is 3.76. The van der Waals surface area contributed by atoms with Gasteiger partial charge in [0.2, 0.25) is 17.7 Å². The maximum atomic E-state index is 12.1. The number of amides is 3. The summed E-state index contributed by atoms with van der Waals surface area (Å²) >= 11 is 0. The highest BCUT2D eigenvalue weighted by Crippen LogP contribution is 2.25. The monoisotopic (exact) mass is 317 g/mol. The van der Waals surface area contributed by atoms with Gasteiger partial charge in [-0.15, -0.1) is 0 Å². The number of hydrogen-bond donors (Lipinski definition) is 2. The van der Waals surface area contributed by atoms with Gasteiger partial charge in [0.25, 0.3) is 0 Å². The average molecular weight is 317 g/mol. The van der Waals surface area contributed by atoms with Gasteiger partial charge >= 0.3 is 0 Å². The Labute approximate surface area is 136 Å². The summed E-state index contributed by atoms with van der Waals surface area (Å²) < 4.78 is 0. The Balaban J connectivity index is 1.90. The van der Waals surface area contributed by atoms with Crippen LogP contribution in [0.1, 0.15) is 32.3 Å². The molecule has 1 saturated heterocycles. The second kappa shape index (κ2) is 7.26. The molecule has 2 rings (SSSR count). The van der Waals surface area contributed by atoms with E-state index in [-0.39, 0.29) is 30.1 Å². The van der Waals surface area contributed by atoms with Gasteiger partial charge in [0.05, 0.1) is 5.92 Å². The topological polar surface area (TPSA) is 78.5 Å². The molecule has 0 radical (unpaired) electrons. The lowest BCUT2D eigenvalue weighted by Gasteiger charge is -2.17. The fourth-order valence-corrected chi connectivity index (χ4v) is 2.51. The van der Waals surface area contributed by atoms with Crippen LogP contribution in [0.4, 0.5) is 5.69 Å². The van der Waals surface area contributed by atoms with E-state index >= 15 is 0 Å². The molecule has 1 aromatic rings. The maximum Gasteiger partial charge on any atom is 0.243 e. The van der Waals surface area contributed by atoms with Crippen LogP contribution in [0.25, 0.3) is 0 Å². The van der Waals surface area contributed by atoms with Crippen LogP contribution >= 0.6 is 0 Å². The van der Waals surface area contributed by atoms with Crippen molar-refractivity contribution in [3.05, 3.63) is 29.8 Å². The van der Waals surface area contributed by atoms with Crippen LogP contribution in [-0.4, -0.2) is 24.3 Å². The van der Waals surface area contributed by atoms with Crippen molar-refractivity contribution < 1.29 is 14.4 Å². The maximum absolute atomic E-state index is 12.1. The van der Waals surface area contributed by atoms with Crippen LogP contribution < -0.4 is 15.8 Å². The minimum atomic E-state index is -0.455. The molecule has 1 aromatic carbocycles. The summed E-state index contributed by atoms with van der Waals surface area (Å²) in [5.41, 5.74) is 6.72. The van der Waals surface area contributed by atoms with Gasteiger partial charge < -0.3 is 4.90 Å². The average Bonchev–Trinajstić information content (AvgIpc) is 2.87. The SMILES string of the molecule is Cc1ccc(N2CC(C(=O)NNC(=O)CC(C)C)CC2=O)cc1. The van der Waals surface area contributed by atoms with E-state index in [0.717, 1.165) is 11.3 Å². The number of hydrazine groups is 1. The van der Waals surface area contributed by atoms with E-state index in [1.54, 1.807) is 4.90 Å². The molecule has 0 spiro atoms. The van der Waals surface area contributed by atoms with Crippen molar-refractivity contribution in [2.24, 2.45) is 11.8 Å². The fraction of sp³-hybridized carbons (Fsp3) is 0.471. The molecule has 124 valence electrons. The van der Waals surface area contributed by atoms with Crippen LogP contribution in [0.3, 0.4) is 0 Å². The highest BCUT2D eigenvalue weighted by Gasteiger charge is 2.35. The fourth-order valence-electron chi connectivity index (χ4n) is 2.51. The normalized spacial score (nSPS) is 17.5. The molecule has 1 fully saturated rings. The van der Waals surface area contributed by atoms with Crippen molar-refractivity contribution in [1.29, 1.82) is 0 Å². The molecule has 1 aliphatic heterocycles. The molecule has 0 bridgehead atoms. The Kier molecular flexibility index (Phi) is 5.36. The van der Waals surface area contributed by atoms with Gasteiger partial charge in [0, 0.05) is 25.1 Å². The predicted molar refractivity (Wildman–Crippen MR) is 87.4 cm³/mol. The first-order chi connectivity index (χ1) is 10.9. The summed E-state index contributed by atoms with van der Waals surface area (Å²) in [6.45, 7) is 6.16. The standard InChI is InChI=1S/C17H23N3O3/c1-11(2)8-15(21)18-19-17(23)13-9-16(22)20(10-13)14-6-4-12(3)5-7-14/h4-7,11,13H,8-10H2,1-3H3,(H,18,21)(H,19,23). The van der Waals surface area contributed by atoms with E-state index < -0.39 is 5.92 Å². The molecular weight excluding hydrogens is 294 g/mol. The second-order valence-corrected chi connectivity index (χ2v) is 6.38. The van der Waals surface area contributed by atoms with Gasteiger partial charge in [0.15, 0.2) is 0 Å². The van der Waals surface area contributed by atoms with E-state index in [1.807, 2.05) is 45.0 Å². The van der Waals surface area contributed by atoms with E-state index in [4.69, 9.17) is 0 Å². The number of carbonyl (C=O) groups is 3. The number of anilines is 1. The van der Waals surface area contributed by atoms with E-state index in [2.05, 4.69) is 10.9 Å². The third-order valence-corrected chi connectivity index (χ3v) is 3.76. The summed E-state index contributed by atoms with van der Waals surface area (Å²) in [6, 6.07) is 7.61. The quantitative estimate of drug-likeness (QED) is 0.827. The van der Waals surface area contributed by atoms with Crippen molar-refractivity contribution in [1.82, 2.24) is 10.9 Å². The summed E-state index contributed by atoms with van der Waals surface area (Å²) in [7, 11) is 0. The van der Waals surface area contributed by atoms with Gasteiger partial charge in [-0.2, -0.15) is 0 Å². The number of aryl methyl sites for hydroxylation is 1. The Morgan fingerprint density at radius 1 is 1.22 bits per heavy atom. The highest BCUT2D eigenvalue weighted by atomic mass is 16.2. The molecule has 0 aliphatic carbocycles. The number of nitrogens with one attached hydrogen (secondary N) is 2. The number of carbonyl (C=O) groups excluding carboxylic acids is 3. The van der Waals surface area contributed by atoms with Gasteiger partial charge in [-0.25, -0.2) is 0 Å². The molecule has 6 nitrogen and oxygen atoms in total. The van der Waals surface area contributed by atoms with Crippen molar-refractivity contribution >= 4 is 23.4 Å². The van der Waals surface area contributed by atoms with E-state index in [1.165, 1.54) is 0 Å². The Morgan fingerprint density at radius 2 is 1.87 bits per heavy atom. The smallest absolute Gasteiger partial charge is 0.243 e. The molecule has 0 saturated carbocycles. The molecular formula is C17H23N3O3.